The van der Waals surface area contributed by atoms with Crippen molar-refractivity contribution in [3.05, 3.63) is 48.1 Å². The number of nitrogens with two attached hydrogens (primary N) is 1. The maximum atomic E-state index is 12.2. The van der Waals surface area contributed by atoms with E-state index in [0.717, 1.165) is 6.08 Å². The molecule has 0 saturated heterocycles. The first kappa shape index (κ1) is 15.8. The molecule has 3 rings (SSSR count). The van der Waals surface area contributed by atoms with Crippen LogP contribution in [0.15, 0.2) is 42.4 Å². The van der Waals surface area contributed by atoms with Crippen molar-refractivity contribution in [2.24, 2.45) is 5.73 Å². The van der Waals surface area contributed by atoms with E-state index in [-0.39, 0.29) is 17.1 Å². The number of carbonyl (C=O) groups excluding carboxylic acids is 2. The Labute approximate surface area is 137 Å². The summed E-state index contributed by atoms with van der Waals surface area (Å²) in [6.07, 6.45) is 3.68. The van der Waals surface area contributed by atoms with Gasteiger partial charge in [0.05, 0.1) is 29.1 Å². The SMILES string of the molecule is COCCOc1ccc2c(C3=C(N)C(=O)C=CC3=O)ncnc2c1. The number of nitrogens with zero attached hydrogens (tertiary/aromatic N) is 2. The predicted molar refractivity (Wildman–Crippen MR) is 87.2 cm³/mol. The van der Waals surface area contributed by atoms with Crippen molar-refractivity contribution in [2.75, 3.05) is 20.3 Å². The van der Waals surface area contributed by atoms with Crippen molar-refractivity contribution in [1.29, 1.82) is 0 Å². The van der Waals surface area contributed by atoms with Gasteiger partial charge in [0.1, 0.15) is 18.7 Å². The van der Waals surface area contributed by atoms with Crippen molar-refractivity contribution < 1.29 is 19.1 Å². The highest BCUT2D eigenvalue weighted by molar-refractivity contribution is 6.36. The Morgan fingerprint density at radius 3 is 2.67 bits per heavy atom. The van der Waals surface area contributed by atoms with Gasteiger partial charge in [-0.3, -0.25) is 9.59 Å². The van der Waals surface area contributed by atoms with E-state index in [9.17, 15) is 9.59 Å². The van der Waals surface area contributed by atoms with Crippen molar-refractivity contribution in [3.63, 3.8) is 0 Å². The van der Waals surface area contributed by atoms with Gasteiger partial charge in [0, 0.05) is 18.6 Å². The minimum Gasteiger partial charge on any atom is -0.491 e. The fourth-order valence-electron chi connectivity index (χ4n) is 2.39. The Hall–Kier alpha value is -3.06. The van der Waals surface area contributed by atoms with Crippen molar-refractivity contribution in [1.82, 2.24) is 9.97 Å². The van der Waals surface area contributed by atoms with Gasteiger partial charge >= 0.3 is 0 Å². The fraction of sp³-hybridized carbons (Fsp3) is 0.176. The first-order valence-corrected chi connectivity index (χ1v) is 7.25. The third-order valence-electron chi connectivity index (χ3n) is 3.57. The minimum absolute atomic E-state index is 0.1000. The van der Waals surface area contributed by atoms with Crippen LogP contribution < -0.4 is 10.5 Å². The molecule has 0 saturated carbocycles. The van der Waals surface area contributed by atoms with E-state index < -0.39 is 5.78 Å². The van der Waals surface area contributed by atoms with Crippen molar-refractivity contribution in [3.8, 4) is 5.75 Å². The number of carbonyl (C=O) groups is 2. The molecule has 0 fully saturated rings. The standard InChI is InChI=1S/C17H15N3O4/c1-23-6-7-24-10-2-3-11-12(8-10)19-9-20-17(11)15-13(21)4-5-14(22)16(15)18/h2-5,8-9H,6-7,18H2,1H3. The monoisotopic (exact) mass is 325 g/mol. The molecular weight excluding hydrogens is 310 g/mol. The molecule has 0 aliphatic heterocycles. The third kappa shape index (κ3) is 2.89. The van der Waals surface area contributed by atoms with Crippen LogP contribution in [0, 0.1) is 0 Å². The number of allylic oxidation sites excluding steroid dienone is 3. The van der Waals surface area contributed by atoms with E-state index in [1.807, 2.05) is 0 Å². The van der Waals surface area contributed by atoms with Crippen LogP contribution in [-0.2, 0) is 14.3 Å². The maximum Gasteiger partial charge on any atom is 0.202 e. The second-order valence-electron chi connectivity index (χ2n) is 5.09. The second kappa shape index (κ2) is 6.59. The number of aromatic nitrogens is 2. The van der Waals surface area contributed by atoms with E-state index in [1.165, 1.54) is 12.4 Å². The van der Waals surface area contributed by atoms with E-state index in [2.05, 4.69) is 9.97 Å². The zero-order valence-corrected chi connectivity index (χ0v) is 13.0. The molecule has 24 heavy (non-hydrogen) atoms. The highest BCUT2D eigenvalue weighted by Crippen LogP contribution is 2.28. The van der Waals surface area contributed by atoms with E-state index in [4.69, 9.17) is 15.2 Å². The summed E-state index contributed by atoms with van der Waals surface area (Å²) in [6.45, 7) is 0.884. The Morgan fingerprint density at radius 1 is 1.08 bits per heavy atom. The van der Waals surface area contributed by atoms with Gasteiger partial charge in [-0.1, -0.05) is 0 Å². The maximum absolute atomic E-state index is 12.2. The lowest BCUT2D eigenvalue weighted by atomic mass is 9.95. The highest BCUT2D eigenvalue weighted by atomic mass is 16.5. The zero-order chi connectivity index (χ0) is 17.1. The van der Waals surface area contributed by atoms with Gasteiger partial charge in [-0.25, -0.2) is 9.97 Å². The Kier molecular flexibility index (Phi) is 4.35. The molecule has 7 heteroatoms. The molecule has 1 aromatic carbocycles. The second-order valence-corrected chi connectivity index (χ2v) is 5.09. The number of hydrogen-bond acceptors (Lipinski definition) is 7. The third-order valence-corrected chi connectivity index (χ3v) is 3.57. The average molecular weight is 325 g/mol. The first-order valence-electron chi connectivity index (χ1n) is 7.25. The fourth-order valence-corrected chi connectivity index (χ4v) is 2.39. The van der Waals surface area contributed by atoms with Gasteiger partial charge < -0.3 is 15.2 Å². The quantitative estimate of drug-likeness (QED) is 0.646. The van der Waals surface area contributed by atoms with Gasteiger partial charge in [-0.15, -0.1) is 0 Å². The lowest BCUT2D eigenvalue weighted by molar-refractivity contribution is -0.114. The molecule has 1 heterocycles. The van der Waals surface area contributed by atoms with Crippen LogP contribution in [-0.4, -0.2) is 41.9 Å². The minimum atomic E-state index is -0.407. The van der Waals surface area contributed by atoms with Gasteiger partial charge in [0.2, 0.25) is 5.78 Å². The van der Waals surface area contributed by atoms with E-state index in [1.54, 1.807) is 25.3 Å². The van der Waals surface area contributed by atoms with Crippen molar-refractivity contribution in [2.45, 2.75) is 0 Å². The smallest absolute Gasteiger partial charge is 0.202 e. The van der Waals surface area contributed by atoms with Crippen LogP contribution in [0.2, 0.25) is 0 Å². The molecule has 7 nitrogen and oxygen atoms in total. The van der Waals surface area contributed by atoms with Crippen LogP contribution >= 0.6 is 0 Å². The lowest BCUT2D eigenvalue weighted by Crippen LogP contribution is -2.20. The average Bonchev–Trinajstić information content (AvgIpc) is 2.59. The summed E-state index contributed by atoms with van der Waals surface area (Å²) >= 11 is 0. The van der Waals surface area contributed by atoms with Gasteiger partial charge in [0.25, 0.3) is 0 Å². The summed E-state index contributed by atoms with van der Waals surface area (Å²) in [7, 11) is 1.60. The summed E-state index contributed by atoms with van der Waals surface area (Å²) < 4.78 is 10.5. The number of ether oxygens (including phenoxy) is 2. The van der Waals surface area contributed by atoms with Crippen LogP contribution in [0.3, 0.4) is 0 Å². The normalized spacial score (nSPS) is 14.5. The summed E-state index contributed by atoms with van der Waals surface area (Å²) in [4.78, 5) is 32.3. The molecule has 2 aromatic rings. The first-order chi connectivity index (χ1) is 11.6. The van der Waals surface area contributed by atoms with Crippen LogP contribution in [0.4, 0.5) is 0 Å². The topological polar surface area (TPSA) is 104 Å². The number of ketones is 2. The number of hydrogen-bond donors (Lipinski definition) is 1. The number of benzene rings is 1. The number of fused-ring (bicyclic) bond motifs is 1. The molecule has 122 valence electrons. The number of methoxy groups -OCH3 is 1. The number of rotatable bonds is 5. The molecular formula is C17H15N3O4. The van der Waals surface area contributed by atoms with E-state index in [0.29, 0.717) is 35.6 Å². The molecule has 1 aromatic heterocycles. The van der Waals surface area contributed by atoms with Crippen molar-refractivity contribution >= 4 is 28.0 Å². The van der Waals surface area contributed by atoms with Gasteiger partial charge in [0.15, 0.2) is 5.78 Å². The lowest BCUT2D eigenvalue weighted by Gasteiger charge is -2.13. The summed E-state index contributed by atoms with van der Waals surface area (Å²) in [6, 6.07) is 5.22. The van der Waals surface area contributed by atoms with E-state index >= 15 is 0 Å². The molecule has 0 radical (unpaired) electrons. The Balaban J connectivity index is 2.05. The van der Waals surface area contributed by atoms with Crippen LogP contribution in [0.25, 0.3) is 16.5 Å². The van der Waals surface area contributed by atoms with Crippen LogP contribution in [0.1, 0.15) is 5.69 Å². The molecule has 0 spiro atoms. The molecule has 0 bridgehead atoms. The Bertz CT molecular complexity index is 887. The molecule has 1 aliphatic carbocycles. The molecule has 1 aliphatic rings. The summed E-state index contributed by atoms with van der Waals surface area (Å²) in [5, 5.41) is 0.617. The zero-order valence-electron chi connectivity index (χ0n) is 13.0. The molecule has 0 amide bonds. The molecule has 0 atom stereocenters. The molecule has 2 N–H and O–H groups in total. The largest absolute Gasteiger partial charge is 0.491 e. The summed E-state index contributed by atoms with van der Waals surface area (Å²) in [5.41, 5.74) is 6.72. The van der Waals surface area contributed by atoms with Gasteiger partial charge in [-0.05, 0) is 24.3 Å². The van der Waals surface area contributed by atoms with Gasteiger partial charge in [-0.2, -0.15) is 0 Å². The Morgan fingerprint density at radius 2 is 1.88 bits per heavy atom. The molecule has 0 unspecified atom stereocenters. The van der Waals surface area contributed by atoms with Crippen LogP contribution in [0.5, 0.6) is 5.75 Å². The predicted octanol–water partition coefficient (Wildman–Crippen LogP) is 1.03. The highest BCUT2D eigenvalue weighted by Gasteiger charge is 2.24. The summed E-state index contributed by atoms with van der Waals surface area (Å²) in [5.74, 6) is -0.138.